The van der Waals surface area contributed by atoms with E-state index < -0.39 is 0 Å². The van der Waals surface area contributed by atoms with Crippen molar-refractivity contribution in [2.75, 3.05) is 25.0 Å². The first-order valence-corrected chi connectivity index (χ1v) is 7.65. The van der Waals surface area contributed by atoms with Crippen molar-refractivity contribution in [2.45, 2.75) is 18.9 Å². The molecule has 1 aliphatic rings. The number of nitrogens with zero attached hydrogens (tertiary/aromatic N) is 2. The van der Waals surface area contributed by atoms with Crippen molar-refractivity contribution in [1.29, 1.82) is 0 Å². The van der Waals surface area contributed by atoms with Gasteiger partial charge in [0.1, 0.15) is 0 Å². The fraction of sp³-hybridized carbons (Fsp3) is 0.375. The molecule has 116 valence electrons. The van der Waals surface area contributed by atoms with Gasteiger partial charge in [-0.3, -0.25) is 5.10 Å². The van der Waals surface area contributed by atoms with Crippen LogP contribution in [0.2, 0.25) is 0 Å². The maximum absolute atomic E-state index is 12.2. The molecule has 0 radical (unpaired) electrons. The number of urea groups is 1. The molecular weight excluding hydrogens is 278 g/mol. The van der Waals surface area contributed by atoms with Crippen LogP contribution < -0.4 is 10.6 Å². The molecule has 1 saturated heterocycles. The van der Waals surface area contributed by atoms with Gasteiger partial charge in [0.15, 0.2) is 0 Å². The van der Waals surface area contributed by atoms with Crippen LogP contribution in [0.1, 0.15) is 24.4 Å². The number of benzene rings is 1. The number of aromatic amines is 1. The fourth-order valence-corrected chi connectivity index (χ4v) is 2.79. The van der Waals surface area contributed by atoms with Gasteiger partial charge < -0.3 is 15.5 Å². The molecule has 3 rings (SSSR count). The average molecular weight is 299 g/mol. The molecule has 1 atom stereocenters. The Morgan fingerprint density at radius 2 is 2.05 bits per heavy atom. The van der Waals surface area contributed by atoms with E-state index in [1.165, 1.54) is 12.8 Å². The summed E-state index contributed by atoms with van der Waals surface area (Å²) in [5.74, 6) is 0. The Morgan fingerprint density at radius 3 is 2.73 bits per heavy atom. The molecule has 2 heterocycles. The van der Waals surface area contributed by atoms with E-state index in [2.05, 4.69) is 37.9 Å². The van der Waals surface area contributed by atoms with Crippen molar-refractivity contribution in [2.24, 2.45) is 0 Å². The minimum Gasteiger partial charge on any atom is -0.330 e. The molecule has 1 unspecified atom stereocenters. The number of rotatable bonds is 5. The van der Waals surface area contributed by atoms with Crippen LogP contribution in [-0.4, -0.2) is 40.8 Å². The summed E-state index contributed by atoms with van der Waals surface area (Å²) in [7, 11) is 0. The van der Waals surface area contributed by atoms with Crippen LogP contribution >= 0.6 is 0 Å². The van der Waals surface area contributed by atoms with E-state index in [1.54, 1.807) is 12.4 Å². The minimum atomic E-state index is -0.213. The molecule has 1 aromatic heterocycles. The third kappa shape index (κ3) is 3.85. The second-order valence-electron chi connectivity index (χ2n) is 5.56. The third-order valence-electron chi connectivity index (χ3n) is 3.90. The molecule has 0 spiro atoms. The summed E-state index contributed by atoms with van der Waals surface area (Å²) in [4.78, 5) is 14.6. The maximum Gasteiger partial charge on any atom is 0.319 e. The van der Waals surface area contributed by atoms with Gasteiger partial charge in [0, 0.05) is 12.7 Å². The van der Waals surface area contributed by atoms with Crippen molar-refractivity contribution < 1.29 is 4.79 Å². The quantitative estimate of drug-likeness (QED) is 0.793. The molecular formula is C16H21N5O. The molecule has 3 N–H and O–H groups in total. The smallest absolute Gasteiger partial charge is 0.319 e. The van der Waals surface area contributed by atoms with Gasteiger partial charge in [0.2, 0.25) is 0 Å². The molecule has 6 nitrogen and oxygen atoms in total. The first kappa shape index (κ1) is 14.6. The highest BCUT2D eigenvalue weighted by atomic mass is 16.2. The molecule has 22 heavy (non-hydrogen) atoms. The van der Waals surface area contributed by atoms with Gasteiger partial charge in [-0.15, -0.1) is 0 Å². The van der Waals surface area contributed by atoms with E-state index in [-0.39, 0.29) is 12.1 Å². The number of likely N-dealkylation sites (tertiary alicyclic amines) is 1. The fourth-order valence-electron chi connectivity index (χ4n) is 2.79. The summed E-state index contributed by atoms with van der Waals surface area (Å²) in [5, 5.41) is 12.3. The van der Waals surface area contributed by atoms with E-state index in [1.807, 2.05) is 18.2 Å². The van der Waals surface area contributed by atoms with Crippen molar-refractivity contribution in [3.05, 3.63) is 48.3 Å². The highest BCUT2D eigenvalue weighted by Crippen LogP contribution is 2.18. The molecule has 2 amide bonds. The number of hydrogen-bond donors (Lipinski definition) is 3. The molecule has 1 aliphatic heterocycles. The van der Waals surface area contributed by atoms with Crippen LogP contribution in [0.5, 0.6) is 0 Å². The predicted octanol–water partition coefficient (Wildman–Crippen LogP) is 2.37. The van der Waals surface area contributed by atoms with Crippen LogP contribution in [0.15, 0.2) is 42.7 Å². The Bertz CT molecular complexity index is 578. The lowest BCUT2D eigenvalue weighted by Crippen LogP contribution is -2.39. The monoisotopic (exact) mass is 299 g/mol. The van der Waals surface area contributed by atoms with Gasteiger partial charge in [-0.05, 0) is 31.5 Å². The highest BCUT2D eigenvalue weighted by Gasteiger charge is 2.20. The molecule has 6 heteroatoms. The SMILES string of the molecule is O=C(Nc1cn[nH]c1)NC(CN1CCCC1)c1ccccc1. The van der Waals surface area contributed by atoms with E-state index in [9.17, 15) is 4.79 Å². The van der Waals surface area contributed by atoms with Gasteiger partial charge in [-0.25, -0.2) is 4.79 Å². The van der Waals surface area contributed by atoms with Crippen LogP contribution in [0.3, 0.4) is 0 Å². The number of anilines is 1. The largest absolute Gasteiger partial charge is 0.330 e. The number of amides is 2. The van der Waals surface area contributed by atoms with Gasteiger partial charge in [-0.1, -0.05) is 30.3 Å². The Labute approximate surface area is 129 Å². The Hall–Kier alpha value is -2.34. The van der Waals surface area contributed by atoms with Crippen molar-refractivity contribution >= 4 is 11.7 Å². The zero-order valence-corrected chi connectivity index (χ0v) is 12.5. The van der Waals surface area contributed by atoms with Gasteiger partial charge in [-0.2, -0.15) is 5.10 Å². The maximum atomic E-state index is 12.2. The van der Waals surface area contributed by atoms with E-state index >= 15 is 0 Å². The Morgan fingerprint density at radius 1 is 1.27 bits per heavy atom. The topological polar surface area (TPSA) is 73.0 Å². The molecule has 0 saturated carbocycles. The van der Waals surface area contributed by atoms with E-state index in [4.69, 9.17) is 0 Å². The number of aromatic nitrogens is 2. The molecule has 1 aromatic carbocycles. The van der Waals surface area contributed by atoms with Crippen LogP contribution in [0.25, 0.3) is 0 Å². The van der Waals surface area contributed by atoms with Gasteiger partial charge in [0.25, 0.3) is 0 Å². The predicted molar refractivity (Wildman–Crippen MR) is 85.6 cm³/mol. The van der Waals surface area contributed by atoms with Crippen molar-refractivity contribution in [1.82, 2.24) is 20.4 Å². The first-order valence-electron chi connectivity index (χ1n) is 7.65. The molecule has 1 fully saturated rings. The standard InChI is InChI=1S/C16H21N5O/c22-16(19-14-10-17-18-11-14)20-15(12-21-8-4-5-9-21)13-6-2-1-3-7-13/h1-3,6-7,10-11,15H,4-5,8-9,12H2,(H,17,18)(H2,19,20,22). The highest BCUT2D eigenvalue weighted by molar-refractivity contribution is 5.89. The number of H-pyrrole nitrogens is 1. The number of nitrogens with one attached hydrogen (secondary N) is 3. The lowest BCUT2D eigenvalue weighted by atomic mass is 10.1. The van der Waals surface area contributed by atoms with Gasteiger partial charge in [0.05, 0.1) is 17.9 Å². The van der Waals surface area contributed by atoms with Crippen LogP contribution in [-0.2, 0) is 0 Å². The number of hydrogen-bond acceptors (Lipinski definition) is 3. The minimum absolute atomic E-state index is 0.0220. The molecule has 0 aliphatic carbocycles. The summed E-state index contributed by atoms with van der Waals surface area (Å²) in [6.07, 6.45) is 5.71. The lowest BCUT2D eigenvalue weighted by Gasteiger charge is -2.25. The average Bonchev–Trinajstić information content (AvgIpc) is 3.21. The zero-order chi connectivity index (χ0) is 15.2. The summed E-state index contributed by atoms with van der Waals surface area (Å²) in [6.45, 7) is 3.05. The summed E-state index contributed by atoms with van der Waals surface area (Å²) in [6, 6.07) is 9.87. The van der Waals surface area contributed by atoms with Gasteiger partial charge >= 0.3 is 6.03 Å². The second kappa shape index (κ2) is 7.09. The summed E-state index contributed by atoms with van der Waals surface area (Å²) < 4.78 is 0. The first-order chi connectivity index (χ1) is 10.8. The van der Waals surface area contributed by atoms with E-state index in [0.717, 1.165) is 25.2 Å². The van der Waals surface area contributed by atoms with Crippen molar-refractivity contribution in [3.8, 4) is 0 Å². The van der Waals surface area contributed by atoms with Crippen molar-refractivity contribution in [3.63, 3.8) is 0 Å². The number of carbonyl (C=O) groups is 1. The third-order valence-corrected chi connectivity index (χ3v) is 3.90. The Balaban J connectivity index is 1.66. The molecule has 0 bridgehead atoms. The Kier molecular flexibility index (Phi) is 4.70. The van der Waals surface area contributed by atoms with Crippen LogP contribution in [0, 0.1) is 0 Å². The summed E-state index contributed by atoms with van der Waals surface area (Å²) >= 11 is 0. The summed E-state index contributed by atoms with van der Waals surface area (Å²) in [5.41, 5.74) is 1.78. The zero-order valence-electron chi connectivity index (χ0n) is 12.5. The lowest BCUT2D eigenvalue weighted by molar-refractivity contribution is 0.240. The number of carbonyl (C=O) groups excluding carboxylic acids is 1. The van der Waals surface area contributed by atoms with E-state index in [0.29, 0.717) is 5.69 Å². The molecule has 2 aromatic rings. The van der Waals surface area contributed by atoms with Crippen LogP contribution in [0.4, 0.5) is 10.5 Å². The second-order valence-corrected chi connectivity index (χ2v) is 5.56. The normalized spacial score (nSPS) is 16.4.